The minimum Gasteiger partial charge on any atom is -0.354 e. The van der Waals surface area contributed by atoms with Crippen molar-refractivity contribution in [2.24, 2.45) is 0 Å². The van der Waals surface area contributed by atoms with Gasteiger partial charge in [0, 0.05) is 58.6 Å². The number of likely N-dealkylation sites (N-methyl/N-ethyl adjacent to an activating group) is 1. The fourth-order valence-corrected chi connectivity index (χ4v) is 3.39. The highest BCUT2D eigenvalue weighted by Gasteiger charge is 2.21. The number of halogens is 1. The summed E-state index contributed by atoms with van der Waals surface area (Å²) in [5.74, 6) is 2.30. The van der Waals surface area contributed by atoms with Crippen LogP contribution in [0, 0.1) is 5.82 Å². The SMILES string of the molecule is CN1CCN(c2ccnc(N3CCN(c4ccc(F)cn4)CC3)n2)CC1. The van der Waals surface area contributed by atoms with Crippen LogP contribution in [-0.2, 0) is 0 Å². The number of rotatable bonds is 3. The van der Waals surface area contributed by atoms with E-state index in [0.717, 1.165) is 69.9 Å². The molecule has 0 N–H and O–H groups in total. The Morgan fingerprint density at radius 3 is 2.12 bits per heavy atom. The lowest BCUT2D eigenvalue weighted by Gasteiger charge is -2.36. The van der Waals surface area contributed by atoms with Crippen LogP contribution >= 0.6 is 0 Å². The van der Waals surface area contributed by atoms with Gasteiger partial charge in [-0.15, -0.1) is 0 Å². The summed E-state index contributed by atoms with van der Waals surface area (Å²) in [6.45, 7) is 7.40. The Labute approximate surface area is 153 Å². The van der Waals surface area contributed by atoms with Crippen LogP contribution in [0.25, 0.3) is 0 Å². The summed E-state index contributed by atoms with van der Waals surface area (Å²) < 4.78 is 13.0. The summed E-state index contributed by atoms with van der Waals surface area (Å²) in [6, 6.07) is 5.18. The summed E-state index contributed by atoms with van der Waals surface area (Å²) in [5.41, 5.74) is 0. The molecule has 2 fully saturated rings. The van der Waals surface area contributed by atoms with E-state index in [-0.39, 0.29) is 5.82 Å². The lowest BCUT2D eigenvalue weighted by Crippen LogP contribution is -2.48. The maximum Gasteiger partial charge on any atom is 0.227 e. The smallest absolute Gasteiger partial charge is 0.227 e. The standard InChI is InChI=1S/C18H24FN7/c1-23-6-8-25(9-7-23)17-4-5-20-18(22-17)26-12-10-24(11-13-26)16-3-2-15(19)14-21-16/h2-5,14H,6-13H2,1H3. The summed E-state index contributed by atoms with van der Waals surface area (Å²) in [7, 11) is 2.15. The van der Waals surface area contributed by atoms with Gasteiger partial charge in [-0.1, -0.05) is 0 Å². The minimum atomic E-state index is -0.304. The minimum absolute atomic E-state index is 0.304. The molecule has 26 heavy (non-hydrogen) atoms. The zero-order valence-corrected chi connectivity index (χ0v) is 15.1. The number of hydrogen-bond donors (Lipinski definition) is 0. The van der Waals surface area contributed by atoms with Crippen molar-refractivity contribution >= 4 is 17.6 Å². The molecular weight excluding hydrogens is 333 g/mol. The maximum atomic E-state index is 13.0. The molecule has 2 aromatic heterocycles. The first kappa shape index (κ1) is 17.0. The van der Waals surface area contributed by atoms with E-state index < -0.39 is 0 Å². The molecule has 0 radical (unpaired) electrons. The van der Waals surface area contributed by atoms with Crippen LogP contribution in [0.2, 0.25) is 0 Å². The van der Waals surface area contributed by atoms with Gasteiger partial charge < -0.3 is 19.6 Å². The van der Waals surface area contributed by atoms with Crippen LogP contribution < -0.4 is 14.7 Å². The zero-order chi connectivity index (χ0) is 17.9. The number of aromatic nitrogens is 3. The third-order valence-corrected chi connectivity index (χ3v) is 5.05. The first-order valence-corrected chi connectivity index (χ1v) is 9.07. The van der Waals surface area contributed by atoms with Gasteiger partial charge in [-0.3, -0.25) is 0 Å². The average molecular weight is 357 g/mol. The third-order valence-electron chi connectivity index (χ3n) is 5.05. The maximum absolute atomic E-state index is 13.0. The molecule has 0 atom stereocenters. The predicted octanol–water partition coefficient (Wildman–Crippen LogP) is 1.09. The molecule has 0 aliphatic carbocycles. The van der Waals surface area contributed by atoms with E-state index in [0.29, 0.717) is 0 Å². The lowest BCUT2D eigenvalue weighted by atomic mass is 10.3. The van der Waals surface area contributed by atoms with Gasteiger partial charge in [-0.05, 0) is 25.2 Å². The van der Waals surface area contributed by atoms with Crippen molar-refractivity contribution in [3.63, 3.8) is 0 Å². The highest BCUT2D eigenvalue weighted by atomic mass is 19.1. The van der Waals surface area contributed by atoms with Gasteiger partial charge in [-0.2, -0.15) is 4.98 Å². The fraction of sp³-hybridized carbons (Fsp3) is 0.500. The van der Waals surface area contributed by atoms with Gasteiger partial charge in [-0.25, -0.2) is 14.4 Å². The number of anilines is 3. The van der Waals surface area contributed by atoms with Gasteiger partial charge in [0.2, 0.25) is 5.95 Å². The largest absolute Gasteiger partial charge is 0.354 e. The molecule has 0 aromatic carbocycles. The second-order valence-electron chi connectivity index (χ2n) is 6.81. The summed E-state index contributed by atoms with van der Waals surface area (Å²) in [5, 5.41) is 0. The van der Waals surface area contributed by atoms with Crippen LogP contribution in [0.1, 0.15) is 0 Å². The predicted molar refractivity (Wildman–Crippen MR) is 100 cm³/mol. The molecule has 7 nitrogen and oxygen atoms in total. The number of pyridine rings is 1. The van der Waals surface area contributed by atoms with Gasteiger partial charge in [0.05, 0.1) is 6.20 Å². The van der Waals surface area contributed by atoms with E-state index >= 15 is 0 Å². The van der Waals surface area contributed by atoms with Gasteiger partial charge in [0.25, 0.3) is 0 Å². The molecular formula is C18H24FN7. The molecule has 8 heteroatoms. The average Bonchev–Trinajstić information content (AvgIpc) is 2.69. The molecule has 0 amide bonds. The Hall–Kier alpha value is -2.48. The van der Waals surface area contributed by atoms with Crippen molar-refractivity contribution in [2.45, 2.75) is 0 Å². The highest BCUT2D eigenvalue weighted by Crippen LogP contribution is 2.19. The molecule has 4 rings (SSSR count). The van der Waals surface area contributed by atoms with Crippen molar-refractivity contribution in [3.8, 4) is 0 Å². The van der Waals surface area contributed by atoms with E-state index in [1.165, 1.54) is 12.3 Å². The molecule has 2 aliphatic rings. The first-order chi connectivity index (χ1) is 12.7. The van der Waals surface area contributed by atoms with Crippen LogP contribution in [-0.4, -0.2) is 79.3 Å². The number of hydrogen-bond acceptors (Lipinski definition) is 7. The van der Waals surface area contributed by atoms with Gasteiger partial charge >= 0.3 is 0 Å². The van der Waals surface area contributed by atoms with Crippen LogP contribution in [0.15, 0.2) is 30.6 Å². The summed E-state index contributed by atoms with van der Waals surface area (Å²) >= 11 is 0. The second-order valence-corrected chi connectivity index (χ2v) is 6.81. The Morgan fingerprint density at radius 1 is 0.769 bits per heavy atom. The highest BCUT2D eigenvalue weighted by molar-refractivity contribution is 5.46. The Balaban J connectivity index is 1.40. The molecule has 138 valence electrons. The normalized spacial score (nSPS) is 19.1. The topological polar surface area (TPSA) is 51.6 Å². The monoisotopic (exact) mass is 357 g/mol. The van der Waals surface area contributed by atoms with Crippen molar-refractivity contribution in [3.05, 3.63) is 36.4 Å². The molecule has 0 unspecified atom stereocenters. The van der Waals surface area contributed by atoms with E-state index in [1.54, 1.807) is 6.07 Å². The van der Waals surface area contributed by atoms with Crippen molar-refractivity contribution in [1.82, 2.24) is 19.9 Å². The molecule has 2 aliphatic heterocycles. The first-order valence-electron chi connectivity index (χ1n) is 9.07. The van der Waals surface area contributed by atoms with Crippen molar-refractivity contribution < 1.29 is 4.39 Å². The zero-order valence-electron chi connectivity index (χ0n) is 15.1. The summed E-state index contributed by atoms with van der Waals surface area (Å²) in [6.07, 6.45) is 3.12. The van der Waals surface area contributed by atoms with E-state index in [1.807, 2.05) is 12.3 Å². The fourth-order valence-electron chi connectivity index (χ4n) is 3.39. The third kappa shape index (κ3) is 3.70. The molecule has 4 heterocycles. The quantitative estimate of drug-likeness (QED) is 0.815. The Kier molecular flexibility index (Phi) is 4.83. The Morgan fingerprint density at radius 2 is 1.42 bits per heavy atom. The molecule has 0 bridgehead atoms. The molecule has 0 saturated carbocycles. The van der Waals surface area contributed by atoms with Gasteiger partial charge in [0.15, 0.2) is 0 Å². The lowest BCUT2D eigenvalue weighted by molar-refractivity contribution is 0.312. The number of nitrogens with zero attached hydrogens (tertiary/aromatic N) is 7. The molecule has 0 spiro atoms. The second kappa shape index (κ2) is 7.41. The van der Waals surface area contributed by atoms with E-state index in [9.17, 15) is 4.39 Å². The molecule has 2 saturated heterocycles. The van der Waals surface area contributed by atoms with Crippen LogP contribution in [0.5, 0.6) is 0 Å². The van der Waals surface area contributed by atoms with E-state index in [4.69, 9.17) is 4.98 Å². The van der Waals surface area contributed by atoms with Crippen molar-refractivity contribution in [1.29, 1.82) is 0 Å². The van der Waals surface area contributed by atoms with Crippen LogP contribution in [0.4, 0.5) is 22.0 Å². The number of piperazine rings is 2. The Bertz CT molecular complexity index is 723. The summed E-state index contributed by atoms with van der Waals surface area (Å²) in [4.78, 5) is 22.5. The van der Waals surface area contributed by atoms with Gasteiger partial charge in [0.1, 0.15) is 17.5 Å². The van der Waals surface area contributed by atoms with Crippen LogP contribution in [0.3, 0.4) is 0 Å². The van der Waals surface area contributed by atoms with Crippen molar-refractivity contribution in [2.75, 3.05) is 74.1 Å². The van der Waals surface area contributed by atoms with E-state index in [2.05, 4.69) is 36.6 Å². The molecule has 2 aromatic rings.